The fourth-order valence-electron chi connectivity index (χ4n) is 10.9. The van der Waals surface area contributed by atoms with E-state index in [2.05, 4.69) is 116 Å². The quantitative estimate of drug-likeness (QED) is 0.0345. The van der Waals surface area contributed by atoms with Gasteiger partial charge in [0.25, 0.3) is 0 Å². The van der Waals surface area contributed by atoms with Crippen molar-refractivity contribution in [3.8, 4) is 0 Å². The Morgan fingerprint density at radius 3 is 0.884 bits per heavy atom. The topological polar surface area (TPSA) is 136 Å². The Kier molecular flexibility index (Phi) is 41.9. The molecule has 0 aromatic heterocycles. The molecule has 0 saturated heterocycles. The Bertz CT molecular complexity index is 1070. The van der Waals surface area contributed by atoms with Gasteiger partial charge in [0, 0.05) is 33.0 Å². The SMILES string of the molecule is CC[Si](CC)(CC)CCCOC(CO)C(OCCC[Si](CC)(CC)CC)C(OCCC[Si](CC)(CC)CC)C(CO)OCCC[Si](CC)(CC)CC.C[Si](C)(C)O[Si](C)(C)CCCOCC(O)CO. The van der Waals surface area contributed by atoms with Crippen LogP contribution >= 0.6 is 0 Å². The van der Waals surface area contributed by atoms with Crippen LogP contribution in [0.15, 0.2) is 0 Å². The lowest BCUT2D eigenvalue weighted by Crippen LogP contribution is -2.52. The summed E-state index contributed by atoms with van der Waals surface area (Å²) >= 11 is 0. The Morgan fingerprint density at radius 1 is 0.362 bits per heavy atom. The Morgan fingerprint density at radius 2 is 0.638 bits per heavy atom. The van der Waals surface area contributed by atoms with Crippen molar-refractivity contribution in [1.82, 2.24) is 0 Å². The molecule has 0 aromatic carbocycles. The first-order valence-corrected chi connectivity index (χ1v) is 46.8. The standard InChI is InChI=1S/C42H94O6Si4.C11H28O4Si2/c1-13-49(14-2,15-3)33-25-29-45-39(37-43)41(47-31-27-35-51(19-7,20-8)21-9)42(48-32-28-36-52(22-10,23-11)24-12)40(38-44)46-30-26-34-50(16-4,17-5)18-6;1-16(2,3)15-17(4,5)8-6-7-14-10-11(13)9-12/h39-44H,13-38H2,1-12H3;11-13H,6-10H2,1-5H3. The smallest absolute Gasteiger partial charge is 0.173 e. The Balaban J connectivity index is 0. The summed E-state index contributed by atoms with van der Waals surface area (Å²) in [7, 11) is -8.07. The second-order valence-electron chi connectivity index (χ2n) is 22.5. The second-order valence-corrected chi connectivity index (χ2v) is 54.0. The van der Waals surface area contributed by atoms with E-state index < -0.39 is 79.5 Å². The highest BCUT2D eigenvalue weighted by atomic mass is 28.4. The van der Waals surface area contributed by atoms with Crippen molar-refractivity contribution in [1.29, 1.82) is 0 Å². The largest absolute Gasteiger partial charge is 0.456 e. The van der Waals surface area contributed by atoms with E-state index in [0.29, 0.717) is 33.0 Å². The molecule has 0 amide bonds. The maximum absolute atomic E-state index is 10.9. The lowest BCUT2D eigenvalue weighted by atomic mass is 10.0. The highest BCUT2D eigenvalue weighted by molar-refractivity contribution is 6.84. The first kappa shape index (κ1) is 72.0. The molecule has 5 unspecified atom stereocenters. The third kappa shape index (κ3) is 29.7. The molecule has 0 aromatic rings. The molecular formula is C53H122O10Si6. The fourth-order valence-corrected chi connectivity index (χ4v) is 32.8. The van der Waals surface area contributed by atoms with Crippen LogP contribution in [-0.2, 0) is 27.8 Å². The zero-order valence-corrected chi connectivity index (χ0v) is 55.0. The van der Waals surface area contributed by atoms with Crippen LogP contribution in [0.5, 0.6) is 0 Å². The van der Waals surface area contributed by atoms with E-state index >= 15 is 0 Å². The molecule has 0 aliphatic carbocycles. The molecular weight excluding hydrogens is 965 g/mol. The van der Waals surface area contributed by atoms with Crippen LogP contribution in [0, 0.1) is 0 Å². The van der Waals surface area contributed by atoms with Crippen molar-refractivity contribution in [3.63, 3.8) is 0 Å². The summed E-state index contributed by atoms with van der Waals surface area (Å²) in [6.45, 7) is 42.4. The molecule has 0 fully saturated rings. The lowest BCUT2D eigenvalue weighted by Gasteiger charge is -2.37. The first-order chi connectivity index (χ1) is 32.7. The predicted molar refractivity (Wildman–Crippen MR) is 315 cm³/mol. The van der Waals surface area contributed by atoms with Gasteiger partial charge in [-0.2, -0.15) is 0 Å². The van der Waals surface area contributed by atoms with Gasteiger partial charge in [-0.25, -0.2) is 0 Å². The van der Waals surface area contributed by atoms with E-state index in [0.717, 1.165) is 38.1 Å². The molecule has 69 heavy (non-hydrogen) atoms. The maximum atomic E-state index is 10.9. The first-order valence-electron chi connectivity index (χ1n) is 28.9. The zero-order chi connectivity index (χ0) is 53.0. The summed E-state index contributed by atoms with van der Waals surface area (Å²) in [6, 6.07) is 21.9. The van der Waals surface area contributed by atoms with Gasteiger partial charge in [0.15, 0.2) is 16.6 Å². The molecule has 0 heterocycles. The van der Waals surface area contributed by atoms with Crippen LogP contribution < -0.4 is 0 Å². The molecule has 0 aliphatic heterocycles. The Labute approximate surface area is 435 Å². The van der Waals surface area contributed by atoms with Crippen LogP contribution in [0.1, 0.15) is 115 Å². The minimum Gasteiger partial charge on any atom is -0.456 e. The number of aliphatic hydroxyl groups is 4. The number of hydrogen-bond acceptors (Lipinski definition) is 10. The molecule has 16 heteroatoms. The second kappa shape index (κ2) is 40.2. The predicted octanol–water partition coefficient (Wildman–Crippen LogP) is 13.9. The van der Waals surface area contributed by atoms with Gasteiger partial charge in [0.2, 0.25) is 0 Å². The highest BCUT2D eigenvalue weighted by Gasteiger charge is 2.39. The van der Waals surface area contributed by atoms with Crippen LogP contribution in [0.25, 0.3) is 0 Å². The van der Waals surface area contributed by atoms with Gasteiger partial charge in [-0.15, -0.1) is 0 Å². The van der Waals surface area contributed by atoms with Crippen LogP contribution in [0.2, 0.25) is 135 Å². The normalized spacial score (nSPS) is 15.4. The summed E-state index contributed by atoms with van der Waals surface area (Å²) in [4.78, 5) is 0. The summed E-state index contributed by atoms with van der Waals surface area (Å²) in [5, 5.41) is 39.5. The van der Waals surface area contributed by atoms with Crippen LogP contribution in [0.3, 0.4) is 0 Å². The minimum atomic E-state index is -1.55. The van der Waals surface area contributed by atoms with E-state index in [1.165, 1.54) is 96.7 Å². The molecule has 0 bridgehead atoms. The summed E-state index contributed by atoms with van der Waals surface area (Å²) in [5.41, 5.74) is 0. The summed E-state index contributed by atoms with van der Waals surface area (Å²) < 4.78 is 38.4. The molecule has 418 valence electrons. The average Bonchev–Trinajstić information content (AvgIpc) is 3.35. The maximum Gasteiger partial charge on any atom is 0.173 e. The summed E-state index contributed by atoms with van der Waals surface area (Å²) in [6.07, 6.45) is 2.22. The van der Waals surface area contributed by atoms with Crippen molar-refractivity contribution < 1.29 is 48.2 Å². The molecule has 0 saturated carbocycles. The Hall–Kier alpha value is 0.901. The summed E-state index contributed by atoms with van der Waals surface area (Å²) in [5.74, 6) is 0. The average molecular weight is 1090 g/mol. The minimum absolute atomic E-state index is 0.132. The van der Waals surface area contributed by atoms with Gasteiger partial charge in [-0.3, -0.25) is 0 Å². The van der Waals surface area contributed by atoms with Crippen molar-refractivity contribution in [3.05, 3.63) is 0 Å². The van der Waals surface area contributed by atoms with E-state index in [9.17, 15) is 10.2 Å². The van der Waals surface area contributed by atoms with Gasteiger partial charge in [0.1, 0.15) is 30.5 Å². The number of hydrogen-bond donors (Lipinski definition) is 4. The van der Waals surface area contributed by atoms with Gasteiger partial charge in [0.05, 0.1) is 58.7 Å². The van der Waals surface area contributed by atoms with E-state index in [-0.39, 0.29) is 26.4 Å². The van der Waals surface area contributed by atoms with Crippen molar-refractivity contribution in [2.24, 2.45) is 0 Å². The molecule has 0 aliphatic rings. The van der Waals surface area contributed by atoms with Gasteiger partial charge < -0.3 is 48.2 Å². The van der Waals surface area contributed by atoms with E-state index in [4.69, 9.17) is 38.0 Å². The molecule has 5 atom stereocenters. The van der Waals surface area contributed by atoms with E-state index in [1.807, 2.05) is 0 Å². The van der Waals surface area contributed by atoms with Crippen LogP contribution in [0.4, 0.5) is 0 Å². The number of ether oxygens (including phenoxy) is 5. The molecule has 0 rings (SSSR count). The molecule has 0 spiro atoms. The number of rotatable bonds is 46. The monoisotopic (exact) mass is 1090 g/mol. The molecule has 4 N–H and O–H groups in total. The van der Waals surface area contributed by atoms with Gasteiger partial charge in [-0.1, -0.05) is 180 Å². The zero-order valence-electron chi connectivity index (χ0n) is 49.0. The highest BCUT2D eigenvalue weighted by Crippen LogP contribution is 2.31. The third-order valence-electron chi connectivity index (χ3n) is 17.3. The molecule has 10 nitrogen and oxygen atoms in total. The van der Waals surface area contributed by atoms with Crippen LogP contribution in [-0.4, -0.2) is 159 Å². The van der Waals surface area contributed by atoms with Crippen molar-refractivity contribution >= 4 is 48.9 Å². The fraction of sp³-hybridized carbons (Fsp3) is 1.00. The van der Waals surface area contributed by atoms with E-state index in [1.54, 1.807) is 0 Å². The third-order valence-corrected chi connectivity index (χ3v) is 47.2. The molecule has 0 radical (unpaired) electrons. The van der Waals surface area contributed by atoms with Gasteiger partial charge >= 0.3 is 0 Å². The van der Waals surface area contributed by atoms with Crippen molar-refractivity contribution in [2.75, 3.05) is 59.5 Å². The number of aliphatic hydroxyl groups excluding tert-OH is 4. The van der Waals surface area contributed by atoms with Crippen molar-refractivity contribution in [2.45, 2.75) is 281 Å². The lowest BCUT2D eigenvalue weighted by molar-refractivity contribution is -0.191. The van der Waals surface area contributed by atoms with Gasteiger partial charge in [-0.05, 0) is 70.9 Å².